The SMILES string of the molecule is CCCCCCCCCCC(CN)S(=O)(=O)O. The van der Waals surface area contributed by atoms with Crippen LogP contribution in [0.25, 0.3) is 0 Å². The Kier molecular flexibility index (Phi) is 9.78. The van der Waals surface area contributed by atoms with Gasteiger partial charge in [-0.3, -0.25) is 4.55 Å². The lowest BCUT2D eigenvalue weighted by atomic mass is 10.1. The Morgan fingerprint density at radius 1 is 1.00 bits per heavy atom. The van der Waals surface area contributed by atoms with Crippen LogP contribution in [0.1, 0.15) is 64.7 Å². The van der Waals surface area contributed by atoms with E-state index >= 15 is 0 Å². The average Bonchev–Trinajstić information content (AvgIpc) is 2.25. The fourth-order valence-corrected chi connectivity index (χ4v) is 2.60. The summed E-state index contributed by atoms with van der Waals surface area (Å²) in [6.45, 7) is 2.21. The topological polar surface area (TPSA) is 80.4 Å². The predicted octanol–water partition coefficient (Wildman–Crippen LogP) is 2.73. The first-order chi connectivity index (χ1) is 8.02. The molecule has 104 valence electrons. The summed E-state index contributed by atoms with van der Waals surface area (Å²) in [4.78, 5) is 0. The first-order valence-corrected chi connectivity index (χ1v) is 8.19. The molecule has 3 N–H and O–H groups in total. The summed E-state index contributed by atoms with van der Waals surface area (Å²) in [7, 11) is -3.94. The Bertz CT molecular complexity index is 265. The third-order valence-corrected chi connectivity index (χ3v) is 4.33. The molecule has 0 aromatic carbocycles. The summed E-state index contributed by atoms with van der Waals surface area (Å²) in [6.07, 6.45) is 9.83. The maximum absolute atomic E-state index is 10.9. The van der Waals surface area contributed by atoms with E-state index in [0.717, 1.165) is 19.3 Å². The van der Waals surface area contributed by atoms with Crippen LogP contribution >= 0.6 is 0 Å². The Morgan fingerprint density at radius 2 is 1.47 bits per heavy atom. The van der Waals surface area contributed by atoms with Crippen molar-refractivity contribution in [2.75, 3.05) is 6.54 Å². The van der Waals surface area contributed by atoms with Gasteiger partial charge in [-0.15, -0.1) is 0 Å². The zero-order valence-corrected chi connectivity index (χ0v) is 11.7. The van der Waals surface area contributed by atoms with Gasteiger partial charge in [0.15, 0.2) is 0 Å². The smallest absolute Gasteiger partial charge is 0.269 e. The van der Waals surface area contributed by atoms with Crippen molar-refractivity contribution in [1.82, 2.24) is 0 Å². The highest BCUT2D eigenvalue weighted by atomic mass is 32.2. The van der Waals surface area contributed by atoms with Crippen molar-refractivity contribution in [2.45, 2.75) is 70.0 Å². The third kappa shape index (κ3) is 9.56. The largest absolute Gasteiger partial charge is 0.329 e. The maximum atomic E-state index is 10.9. The molecule has 0 radical (unpaired) electrons. The Morgan fingerprint density at radius 3 is 1.88 bits per heavy atom. The van der Waals surface area contributed by atoms with E-state index in [1.165, 1.54) is 32.1 Å². The quantitative estimate of drug-likeness (QED) is 0.444. The molecule has 0 aliphatic rings. The van der Waals surface area contributed by atoms with Gasteiger partial charge in [0.05, 0.1) is 5.25 Å². The molecule has 4 nitrogen and oxygen atoms in total. The van der Waals surface area contributed by atoms with Gasteiger partial charge >= 0.3 is 0 Å². The van der Waals surface area contributed by atoms with Crippen LogP contribution in [0.3, 0.4) is 0 Å². The monoisotopic (exact) mass is 265 g/mol. The lowest BCUT2D eigenvalue weighted by molar-refractivity contribution is 0.456. The summed E-state index contributed by atoms with van der Waals surface area (Å²) >= 11 is 0. The predicted molar refractivity (Wildman–Crippen MR) is 71.6 cm³/mol. The van der Waals surface area contributed by atoms with Crippen molar-refractivity contribution < 1.29 is 13.0 Å². The normalized spacial score (nSPS) is 13.8. The van der Waals surface area contributed by atoms with Gasteiger partial charge < -0.3 is 5.73 Å². The van der Waals surface area contributed by atoms with Gasteiger partial charge in [-0.25, -0.2) is 0 Å². The molecule has 0 saturated heterocycles. The Hall–Kier alpha value is -0.130. The average molecular weight is 265 g/mol. The second kappa shape index (κ2) is 9.85. The third-order valence-electron chi connectivity index (χ3n) is 3.06. The van der Waals surface area contributed by atoms with Crippen molar-refractivity contribution >= 4 is 10.1 Å². The van der Waals surface area contributed by atoms with Crippen LogP contribution in [0.4, 0.5) is 0 Å². The van der Waals surface area contributed by atoms with Gasteiger partial charge in [-0.1, -0.05) is 58.3 Å². The minimum absolute atomic E-state index is 0.00926. The molecule has 0 saturated carbocycles. The minimum Gasteiger partial charge on any atom is -0.329 e. The summed E-state index contributed by atoms with van der Waals surface area (Å²) in [5.41, 5.74) is 5.32. The summed E-state index contributed by atoms with van der Waals surface area (Å²) < 4.78 is 30.6. The highest BCUT2D eigenvalue weighted by Gasteiger charge is 2.20. The highest BCUT2D eigenvalue weighted by Crippen LogP contribution is 2.12. The van der Waals surface area contributed by atoms with Crippen molar-refractivity contribution in [3.05, 3.63) is 0 Å². The molecular weight excluding hydrogens is 238 g/mol. The molecule has 0 aliphatic heterocycles. The number of nitrogens with two attached hydrogens (primary N) is 1. The van der Waals surface area contributed by atoms with Gasteiger partial charge in [0.1, 0.15) is 0 Å². The van der Waals surface area contributed by atoms with Crippen molar-refractivity contribution in [3.63, 3.8) is 0 Å². The number of unbranched alkanes of at least 4 members (excludes halogenated alkanes) is 7. The molecule has 5 heteroatoms. The molecule has 0 aromatic heterocycles. The van der Waals surface area contributed by atoms with Crippen LogP contribution in [0.5, 0.6) is 0 Å². The van der Waals surface area contributed by atoms with Crippen molar-refractivity contribution in [2.24, 2.45) is 5.73 Å². The standard InChI is InChI=1S/C12H27NO3S/c1-2-3-4-5-6-7-8-9-10-12(11-13)17(14,15)16/h12H,2-11,13H2,1H3,(H,14,15,16). The van der Waals surface area contributed by atoms with Gasteiger partial charge in [-0.05, 0) is 6.42 Å². The summed E-state index contributed by atoms with van der Waals surface area (Å²) in [6, 6.07) is 0. The second-order valence-corrected chi connectivity index (χ2v) is 6.33. The van der Waals surface area contributed by atoms with Crippen molar-refractivity contribution in [3.8, 4) is 0 Å². The van der Waals surface area contributed by atoms with E-state index in [1.54, 1.807) is 0 Å². The van der Waals surface area contributed by atoms with Gasteiger partial charge in [0.25, 0.3) is 10.1 Å². The van der Waals surface area contributed by atoms with Crippen LogP contribution in [-0.4, -0.2) is 24.8 Å². The number of hydrogen-bond acceptors (Lipinski definition) is 3. The Balaban J connectivity index is 3.44. The van der Waals surface area contributed by atoms with E-state index < -0.39 is 15.4 Å². The second-order valence-electron chi connectivity index (χ2n) is 4.64. The van der Waals surface area contributed by atoms with Crippen LogP contribution in [-0.2, 0) is 10.1 Å². The first-order valence-electron chi connectivity index (χ1n) is 6.68. The van der Waals surface area contributed by atoms with E-state index in [9.17, 15) is 8.42 Å². The zero-order valence-electron chi connectivity index (χ0n) is 10.9. The minimum atomic E-state index is -3.94. The molecule has 1 atom stereocenters. The highest BCUT2D eigenvalue weighted by molar-refractivity contribution is 7.86. The fraction of sp³-hybridized carbons (Fsp3) is 1.00. The van der Waals surface area contributed by atoms with E-state index in [0.29, 0.717) is 6.42 Å². The number of hydrogen-bond donors (Lipinski definition) is 2. The Labute approximate surface area is 106 Å². The lowest BCUT2D eigenvalue weighted by Crippen LogP contribution is -2.29. The number of rotatable bonds is 11. The summed E-state index contributed by atoms with van der Waals surface area (Å²) in [5, 5.41) is -0.775. The molecular formula is C12H27NO3S. The maximum Gasteiger partial charge on any atom is 0.269 e. The zero-order chi connectivity index (χ0) is 13.1. The summed E-state index contributed by atoms with van der Waals surface area (Å²) in [5.74, 6) is 0. The van der Waals surface area contributed by atoms with E-state index in [4.69, 9.17) is 10.3 Å². The molecule has 0 fully saturated rings. The molecule has 0 spiro atoms. The molecule has 1 unspecified atom stereocenters. The van der Waals surface area contributed by atoms with Crippen LogP contribution < -0.4 is 5.73 Å². The first kappa shape index (κ1) is 16.9. The molecule has 0 aliphatic carbocycles. The molecule has 17 heavy (non-hydrogen) atoms. The van der Waals surface area contributed by atoms with Gasteiger partial charge in [-0.2, -0.15) is 8.42 Å². The lowest BCUT2D eigenvalue weighted by Gasteiger charge is -2.10. The van der Waals surface area contributed by atoms with E-state index in [-0.39, 0.29) is 6.54 Å². The molecule has 0 heterocycles. The van der Waals surface area contributed by atoms with Crippen LogP contribution in [0, 0.1) is 0 Å². The van der Waals surface area contributed by atoms with Gasteiger partial charge in [0.2, 0.25) is 0 Å². The van der Waals surface area contributed by atoms with E-state index in [1.807, 2.05) is 0 Å². The van der Waals surface area contributed by atoms with Crippen LogP contribution in [0.15, 0.2) is 0 Å². The molecule has 0 amide bonds. The van der Waals surface area contributed by atoms with Crippen molar-refractivity contribution in [1.29, 1.82) is 0 Å². The fourth-order valence-electron chi connectivity index (χ4n) is 1.89. The molecule has 0 aromatic rings. The molecule has 0 bridgehead atoms. The van der Waals surface area contributed by atoms with E-state index in [2.05, 4.69) is 6.92 Å². The molecule has 0 rings (SSSR count). The van der Waals surface area contributed by atoms with Gasteiger partial charge in [0, 0.05) is 6.54 Å². The van der Waals surface area contributed by atoms with Crippen LogP contribution in [0.2, 0.25) is 0 Å².